The Bertz CT molecular complexity index is 556. The molecule has 2 N–H and O–H groups in total. The molecule has 3 heteroatoms. The van der Waals surface area contributed by atoms with Crippen molar-refractivity contribution in [3.63, 3.8) is 0 Å². The molecule has 0 heterocycles. The van der Waals surface area contributed by atoms with Crippen molar-refractivity contribution in [3.8, 4) is 0 Å². The Hall–Kier alpha value is -1.51. The van der Waals surface area contributed by atoms with Gasteiger partial charge in [-0.1, -0.05) is 115 Å². The van der Waals surface area contributed by atoms with Gasteiger partial charge in [-0.25, -0.2) is 4.79 Å². The van der Waals surface area contributed by atoms with Gasteiger partial charge in [-0.3, -0.25) is 0 Å². The number of benzene rings is 1. The summed E-state index contributed by atoms with van der Waals surface area (Å²) in [4.78, 5) is 12.0. The lowest BCUT2D eigenvalue weighted by atomic mass is 10.0. The van der Waals surface area contributed by atoms with Crippen LogP contribution in [0.4, 0.5) is 10.5 Å². The standard InChI is InChI=1S/C27H48N2O/c1-4-5-6-7-8-9-10-11-12-13-14-15-16-17-18-19-22-28-27(30)29-26-23-24(2)20-21-25(26)3/h20-21,23H,4-19,22H2,1-3H3,(H2,28,29,30). The molecule has 0 saturated carbocycles. The van der Waals surface area contributed by atoms with Crippen molar-refractivity contribution in [1.29, 1.82) is 0 Å². The monoisotopic (exact) mass is 416 g/mol. The van der Waals surface area contributed by atoms with E-state index in [4.69, 9.17) is 0 Å². The molecule has 3 nitrogen and oxygen atoms in total. The minimum absolute atomic E-state index is 0.0929. The summed E-state index contributed by atoms with van der Waals surface area (Å²) < 4.78 is 0. The largest absolute Gasteiger partial charge is 0.338 e. The number of urea groups is 1. The third-order valence-electron chi connectivity index (χ3n) is 5.96. The number of anilines is 1. The fraction of sp³-hybridized carbons (Fsp3) is 0.741. The summed E-state index contributed by atoms with van der Waals surface area (Å²) in [5.74, 6) is 0. The summed E-state index contributed by atoms with van der Waals surface area (Å²) in [7, 11) is 0. The SMILES string of the molecule is CCCCCCCCCCCCCCCCCCNC(=O)Nc1cc(C)ccc1C. The Labute approximate surface area is 186 Å². The highest BCUT2D eigenvalue weighted by Gasteiger charge is 2.04. The Morgan fingerprint density at radius 3 is 1.67 bits per heavy atom. The van der Waals surface area contributed by atoms with Crippen LogP contribution in [0.15, 0.2) is 18.2 Å². The number of aryl methyl sites for hydroxylation is 2. The average Bonchev–Trinajstić information content (AvgIpc) is 2.73. The van der Waals surface area contributed by atoms with E-state index in [0.29, 0.717) is 0 Å². The fourth-order valence-corrected chi connectivity index (χ4v) is 3.91. The molecule has 0 aliphatic rings. The van der Waals surface area contributed by atoms with Crippen LogP contribution in [0.2, 0.25) is 0 Å². The molecule has 0 spiro atoms. The number of hydrogen-bond acceptors (Lipinski definition) is 1. The lowest BCUT2D eigenvalue weighted by Crippen LogP contribution is -2.29. The van der Waals surface area contributed by atoms with Gasteiger partial charge >= 0.3 is 6.03 Å². The van der Waals surface area contributed by atoms with Crippen molar-refractivity contribution >= 4 is 11.7 Å². The molecule has 0 aromatic heterocycles. The van der Waals surface area contributed by atoms with E-state index in [2.05, 4.69) is 23.6 Å². The molecule has 0 fully saturated rings. The highest BCUT2D eigenvalue weighted by atomic mass is 16.2. The molecule has 0 aliphatic carbocycles. The fourth-order valence-electron chi connectivity index (χ4n) is 3.91. The molecule has 30 heavy (non-hydrogen) atoms. The summed E-state index contributed by atoms with van der Waals surface area (Å²) in [6, 6.07) is 6.03. The molecule has 2 amide bonds. The van der Waals surface area contributed by atoms with E-state index < -0.39 is 0 Å². The number of carbonyl (C=O) groups excluding carboxylic acids is 1. The van der Waals surface area contributed by atoms with Crippen LogP contribution in [0.25, 0.3) is 0 Å². The van der Waals surface area contributed by atoms with E-state index in [1.165, 1.54) is 96.3 Å². The molecule has 0 bridgehead atoms. The maximum absolute atomic E-state index is 12.0. The van der Waals surface area contributed by atoms with E-state index >= 15 is 0 Å². The van der Waals surface area contributed by atoms with Crippen molar-refractivity contribution in [2.45, 2.75) is 124 Å². The lowest BCUT2D eigenvalue weighted by Gasteiger charge is -2.10. The zero-order chi connectivity index (χ0) is 21.9. The predicted octanol–water partition coefficient (Wildman–Crippen LogP) is 8.69. The van der Waals surface area contributed by atoms with Gasteiger partial charge in [0.25, 0.3) is 0 Å². The Morgan fingerprint density at radius 1 is 0.700 bits per heavy atom. The predicted molar refractivity (Wildman–Crippen MR) is 132 cm³/mol. The first-order chi connectivity index (χ1) is 14.6. The van der Waals surface area contributed by atoms with Crippen molar-refractivity contribution in [1.82, 2.24) is 5.32 Å². The van der Waals surface area contributed by atoms with E-state index in [1.54, 1.807) is 0 Å². The summed E-state index contributed by atoms with van der Waals surface area (Å²) in [5, 5.41) is 5.93. The molecular formula is C27H48N2O. The second-order valence-corrected chi connectivity index (χ2v) is 9.00. The average molecular weight is 417 g/mol. The van der Waals surface area contributed by atoms with Crippen molar-refractivity contribution < 1.29 is 4.79 Å². The van der Waals surface area contributed by atoms with Gasteiger partial charge in [0.2, 0.25) is 0 Å². The topological polar surface area (TPSA) is 41.1 Å². The molecule has 0 unspecified atom stereocenters. The van der Waals surface area contributed by atoms with Crippen molar-refractivity contribution in [2.24, 2.45) is 0 Å². The third kappa shape index (κ3) is 14.5. The van der Waals surface area contributed by atoms with E-state index in [-0.39, 0.29) is 6.03 Å². The van der Waals surface area contributed by atoms with Crippen LogP contribution in [0.1, 0.15) is 121 Å². The first kappa shape index (κ1) is 26.5. The summed E-state index contributed by atoms with van der Waals surface area (Å²) >= 11 is 0. The number of hydrogen-bond donors (Lipinski definition) is 2. The number of amides is 2. The summed E-state index contributed by atoms with van der Waals surface area (Å²) in [5.41, 5.74) is 3.16. The molecule has 172 valence electrons. The zero-order valence-corrected chi connectivity index (χ0v) is 20.2. The zero-order valence-electron chi connectivity index (χ0n) is 20.2. The Morgan fingerprint density at radius 2 is 1.17 bits per heavy atom. The van der Waals surface area contributed by atoms with Gasteiger partial charge in [-0.05, 0) is 37.5 Å². The minimum atomic E-state index is -0.0929. The van der Waals surface area contributed by atoms with Gasteiger partial charge in [0, 0.05) is 12.2 Å². The minimum Gasteiger partial charge on any atom is -0.338 e. The first-order valence-electron chi connectivity index (χ1n) is 12.8. The second kappa shape index (κ2) is 18.3. The van der Waals surface area contributed by atoms with Crippen LogP contribution < -0.4 is 10.6 Å². The van der Waals surface area contributed by atoms with Gasteiger partial charge in [-0.15, -0.1) is 0 Å². The summed E-state index contributed by atoms with van der Waals surface area (Å²) in [6.07, 6.45) is 21.9. The number of nitrogens with one attached hydrogen (secondary N) is 2. The van der Waals surface area contributed by atoms with E-state index in [0.717, 1.165) is 29.8 Å². The van der Waals surface area contributed by atoms with Gasteiger partial charge in [0.1, 0.15) is 0 Å². The van der Waals surface area contributed by atoms with Gasteiger partial charge in [0.15, 0.2) is 0 Å². The third-order valence-corrected chi connectivity index (χ3v) is 5.96. The summed E-state index contributed by atoms with van der Waals surface area (Å²) in [6.45, 7) is 7.10. The maximum atomic E-state index is 12.0. The van der Waals surface area contributed by atoms with Crippen LogP contribution in [0.5, 0.6) is 0 Å². The normalized spacial score (nSPS) is 10.9. The highest BCUT2D eigenvalue weighted by molar-refractivity contribution is 5.90. The van der Waals surface area contributed by atoms with Crippen LogP contribution in [-0.4, -0.2) is 12.6 Å². The quantitative estimate of drug-likeness (QED) is 0.231. The van der Waals surface area contributed by atoms with Crippen LogP contribution in [-0.2, 0) is 0 Å². The van der Waals surface area contributed by atoms with Crippen LogP contribution in [0, 0.1) is 13.8 Å². The molecule has 0 saturated heterocycles. The molecule has 1 aromatic carbocycles. The first-order valence-corrected chi connectivity index (χ1v) is 12.8. The second-order valence-electron chi connectivity index (χ2n) is 9.00. The van der Waals surface area contributed by atoms with E-state index in [1.807, 2.05) is 26.0 Å². The molecule has 0 aliphatic heterocycles. The van der Waals surface area contributed by atoms with Gasteiger partial charge in [-0.2, -0.15) is 0 Å². The van der Waals surface area contributed by atoms with Gasteiger partial charge in [0.05, 0.1) is 0 Å². The molecule has 1 rings (SSSR count). The van der Waals surface area contributed by atoms with Gasteiger partial charge < -0.3 is 10.6 Å². The maximum Gasteiger partial charge on any atom is 0.319 e. The van der Waals surface area contributed by atoms with Crippen molar-refractivity contribution in [3.05, 3.63) is 29.3 Å². The molecule has 0 atom stereocenters. The number of unbranched alkanes of at least 4 members (excludes halogenated alkanes) is 15. The number of carbonyl (C=O) groups is 1. The Kier molecular flexibility index (Phi) is 16.2. The van der Waals surface area contributed by atoms with Crippen molar-refractivity contribution in [2.75, 3.05) is 11.9 Å². The lowest BCUT2D eigenvalue weighted by molar-refractivity contribution is 0.252. The Balaban J connectivity index is 1.83. The highest BCUT2D eigenvalue weighted by Crippen LogP contribution is 2.16. The van der Waals surface area contributed by atoms with Crippen LogP contribution in [0.3, 0.4) is 0 Å². The molecule has 0 radical (unpaired) electrons. The smallest absolute Gasteiger partial charge is 0.319 e. The number of rotatable bonds is 18. The molecule has 1 aromatic rings. The molecular weight excluding hydrogens is 368 g/mol. The van der Waals surface area contributed by atoms with E-state index in [9.17, 15) is 4.79 Å². The van der Waals surface area contributed by atoms with Crippen LogP contribution >= 0.6 is 0 Å².